The summed E-state index contributed by atoms with van der Waals surface area (Å²) in [5, 5.41) is 0.528. The molecule has 6 heteroatoms. The maximum Gasteiger partial charge on any atom is 0.255 e. The SMILES string of the molecule is Cc1c(C(=O)N(C)C)cc(-c2ccc[nH]c2=O)c(C)c1SC1CCN(C)CC1. The molecule has 0 saturated carbocycles. The monoisotopic (exact) mass is 399 g/mol. The van der Waals surface area contributed by atoms with Gasteiger partial charge in [-0.05, 0) is 81.7 Å². The van der Waals surface area contributed by atoms with Crippen LogP contribution in [0.15, 0.2) is 34.1 Å². The molecule has 1 aromatic carbocycles. The number of H-pyrrole nitrogens is 1. The van der Waals surface area contributed by atoms with Crippen molar-refractivity contribution in [2.45, 2.75) is 36.8 Å². The van der Waals surface area contributed by atoms with E-state index in [-0.39, 0.29) is 11.5 Å². The third kappa shape index (κ3) is 4.18. The lowest BCUT2D eigenvalue weighted by Crippen LogP contribution is -2.31. The lowest BCUT2D eigenvalue weighted by Gasteiger charge is -2.30. The van der Waals surface area contributed by atoms with Crippen LogP contribution in [-0.2, 0) is 0 Å². The minimum Gasteiger partial charge on any atom is -0.345 e. The molecule has 1 aromatic heterocycles. The molecule has 3 rings (SSSR count). The number of aromatic nitrogens is 1. The smallest absolute Gasteiger partial charge is 0.255 e. The molecule has 1 amide bonds. The van der Waals surface area contributed by atoms with Gasteiger partial charge in [0.2, 0.25) is 0 Å². The number of carbonyl (C=O) groups excluding carboxylic acids is 1. The molecule has 0 unspecified atom stereocenters. The summed E-state index contributed by atoms with van der Waals surface area (Å²) in [6, 6.07) is 5.54. The second-order valence-corrected chi connectivity index (χ2v) is 9.09. The summed E-state index contributed by atoms with van der Waals surface area (Å²) in [6.07, 6.45) is 3.90. The van der Waals surface area contributed by atoms with Gasteiger partial charge in [-0.2, -0.15) is 0 Å². The Bertz CT molecular complexity index is 928. The highest BCUT2D eigenvalue weighted by Crippen LogP contribution is 2.39. The van der Waals surface area contributed by atoms with Crippen LogP contribution in [0.3, 0.4) is 0 Å². The van der Waals surface area contributed by atoms with Gasteiger partial charge >= 0.3 is 0 Å². The quantitative estimate of drug-likeness (QED) is 0.854. The second kappa shape index (κ2) is 8.53. The van der Waals surface area contributed by atoms with E-state index < -0.39 is 0 Å². The van der Waals surface area contributed by atoms with Crippen LogP contribution < -0.4 is 5.56 Å². The number of rotatable bonds is 4. The number of thioether (sulfide) groups is 1. The van der Waals surface area contributed by atoms with Crippen LogP contribution in [0.5, 0.6) is 0 Å². The predicted octanol–water partition coefficient (Wildman–Crippen LogP) is 3.55. The molecule has 0 spiro atoms. The molecule has 2 heterocycles. The Morgan fingerprint density at radius 3 is 2.46 bits per heavy atom. The van der Waals surface area contributed by atoms with Crippen LogP contribution in [0.1, 0.15) is 34.3 Å². The Morgan fingerprint density at radius 1 is 1.18 bits per heavy atom. The van der Waals surface area contributed by atoms with Crippen molar-refractivity contribution in [2.75, 3.05) is 34.2 Å². The molecule has 150 valence electrons. The number of carbonyl (C=O) groups is 1. The molecule has 2 aromatic rings. The van der Waals surface area contributed by atoms with Crippen molar-refractivity contribution in [3.8, 4) is 11.1 Å². The molecular formula is C22H29N3O2S. The summed E-state index contributed by atoms with van der Waals surface area (Å²) >= 11 is 1.87. The van der Waals surface area contributed by atoms with E-state index in [0.29, 0.717) is 16.4 Å². The van der Waals surface area contributed by atoms with E-state index in [9.17, 15) is 9.59 Å². The third-order valence-electron chi connectivity index (χ3n) is 5.47. The van der Waals surface area contributed by atoms with Gasteiger partial charge in [0.1, 0.15) is 0 Å². The first-order valence-corrected chi connectivity index (χ1v) is 10.6. The van der Waals surface area contributed by atoms with Gasteiger partial charge in [-0.3, -0.25) is 9.59 Å². The fourth-order valence-corrected chi connectivity index (χ4v) is 5.06. The van der Waals surface area contributed by atoms with E-state index in [2.05, 4.69) is 23.9 Å². The molecule has 0 radical (unpaired) electrons. The average Bonchev–Trinajstić information content (AvgIpc) is 2.67. The van der Waals surface area contributed by atoms with Crippen molar-refractivity contribution in [3.63, 3.8) is 0 Å². The van der Waals surface area contributed by atoms with Gasteiger partial charge < -0.3 is 14.8 Å². The molecule has 0 aliphatic carbocycles. The fraction of sp³-hybridized carbons (Fsp3) is 0.455. The molecule has 5 nitrogen and oxygen atoms in total. The predicted molar refractivity (Wildman–Crippen MR) is 116 cm³/mol. The van der Waals surface area contributed by atoms with Crippen LogP contribution in [-0.4, -0.2) is 60.2 Å². The highest BCUT2D eigenvalue weighted by molar-refractivity contribution is 8.00. The number of likely N-dealkylation sites (tertiary alicyclic amines) is 1. The maximum absolute atomic E-state index is 12.9. The first kappa shape index (κ1) is 20.7. The molecule has 1 aliphatic rings. The minimum absolute atomic E-state index is 0.0312. The molecular weight excluding hydrogens is 370 g/mol. The van der Waals surface area contributed by atoms with Crippen molar-refractivity contribution in [2.24, 2.45) is 0 Å². The molecule has 1 N–H and O–H groups in total. The van der Waals surface area contributed by atoms with Gasteiger partial charge in [0.15, 0.2) is 0 Å². The summed E-state index contributed by atoms with van der Waals surface area (Å²) < 4.78 is 0. The topological polar surface area (TPSA) is 56.4 Å². The zero-order valence-corrected chi connectivity index (χ0v) is 18.2. The standard InChI is InChI=1S/C22H29N3O2S/c1-14-18(17-7-6-10-23-21(17)26)13-19(22(27)24(3)4)15(2)20(14)28-16-8-11-25(5)12-9-16/h6-7,10,13,16H,8-9,11-12H2,1-5H3,(H,23,26). The lowest BCUT2D eigenvalue weighted by atomic mass is 9.95. The molecule has 1 aliphatic heterocycles. The molecule has 1 saturated heterocycles. The maximum atomic E-state index is 12.9. The summed E-state index contributed by atoms with van der Waals surface area (Å²) in [7, 11) is 5.69. The van der Waals surface area contributed by atoms with Crippen LogP contribution in [0.4, 0.5) is 0 Å². The third-order valence-corrected chi connectivity index (χ3v) is 7.13. The zero-order valence-electron chi connectivity index (χ0n) is 17.3. The summed E-state index contributed by atoms with van der Waals surface area (Å²) in [6.45, 7) is 6.28. The summed E-state index contributed by atoms with van der Waals surface area (Å²) in [4.78, 5) is 33.2. The normalized spacial score (nSPS) is 15.6. The van der Waals surface area contributed by atoms with E-state index in [1.807, 2.05) is 36.9 Å². The van der Waals surface area contributed by atoms with Crippen LogP contribution in [0.2, 0.25) is 0 Å². The van der Waals surface area contributed by atoms with Gasteiger partial charge in [0, 0.05) is 41.6 Å². The Labute approximate surface area is 171 Å². The average molecular weight is 400 g/mol. The van der Waals surface area contributed by atoms with Crippen molar-refractivity contribution in [1.82, 2.24) is 14.8 Å². The Morgan fingerprint density at radius 2 is 1.86 bits per heavy atom. The number of aromatic amines is 1. The van der Waals surface area contributed by atoms with Gasteiger partial charge in [-0.25, -0.2) is 0 Å². The Hall–Kier alpha value is -2.05. The van der Waals surface area contributed by atoms with Crippen LogP contribution in [0, 0.1) is 13.8 Å². The van der Waals surface area contributed by atoms with Gasteiger partial charge in [0.05, 0.1) is 0 Å². The van der Waals surface area contributed by atoms with Gasteiger partial charge in [-0.1, -0.05) is 0 Å². The van der Waals surface area contributed by atoms with E-state index >= 15 is 0 Å². The fourth-order valence-electron chi connectivity index (χ4n) is 3.71. The highest BCUT2D eigenvalue weighted by atomic mass is 32.2. The van der Waals surface area contributed by atoms with Gasteiger partial charge in [-0.15, -0.1) is 11.8 Å². The van der Waals surface area contributed by atoms with E-state index in [1.165, 1.54) is 0 Å². The molecule has 28 heavy (non-hydrogen) atoms. The van der Waals surface area contributed by atoms with E-state index in [4.69, 9.17) is 0 Å². The number of nitrogens with zero attached hydrogens (tertiary/aromatic N) is 2. The number of amides is 1. The van der Waals surface area contributed by atoms with Crippen LogP contribution in [0.25, 0.3) is 11.1 Å². The van der Waals surface area contributed by atoms with Crippen molar-refractivity contribution in [1.29, 1.82) is 0 Å². The number of hydrogen-bond acceptors (Lipinski definition) is 4. The number of piperidine rings is 1. The lowest BCUT2D eigenvalue weighted by molar-refractivity contribution is 0.0826. The summed E-state index contributed by atoms with van der Waals surface area (Å²) in [5.41, 5.74) is 4.08. The molecule has 0 atom stereocenters. The first-order valence-electron chi connectivity index (χ1n) is 9.68. The first-order chi connectivity index (χ1) is 13.3. The largest absolute Gasteiger partial charge is 0.345 e. The Balaban J connectivity index is 2.13. The second-order valence-electron chi connectivity index (χ2n) is 7.78. The van der Waals surface area contributed by atoms with E-state index in [1.54, 1.807) is 25.2 Å². The number of benzene rings is 1. The van der Waals surface area contributed by atoms with Crippen LogP contribution >= 0.6 is 11.8 Å². The van der Waals surface area contributed by atoms with Crippen molar-refractivity contribution >= 4 is 17.7 Å². The number of nitrogens with one attached hydrogen (secondary N) is 1. The Kier molecular flexibility index (Phi) is 6.30. The number of hydrogen-bond donors (Lipinski definition) is 1. The molecule has 0 bridgehead atoms. The molecule has 1 fully saturated rings. The number of pyridine rings is 1. The highest BCUT2D eigenvalue weighted by Gasteiger charge is 2.24. The minimum atomic E-state index is -0.132. The van der Waals surface area contributed by atoms with Crippen molar-refractivity contribution in [3.05, 3.63) is 51.4 Å². The zero-order chi connectivity index (χ0) is 20.4. The van der Waals surface area contributed by atoms with E-state index in [0.717, 1.165) is 47.5 Å². The van der Waals surface area contributed by atoms with Gasteiger partial charge in [0.25, 0.3) is 11.5 Å². The summed E-state index contributed by atoms with van der Waals surface area (Å²) in [5.74, 6) is -0.0312. The van der Waals surface area contributed by atoms with Crippen molar-refractivity contribution < 1.29 is 4.79 Å².